The summed E-state index contributed by atoms with van der Waals surface area (Å²) in [6.45, 7) is 0. The highest BCUT2D eigenvalue weighted by molar-refractivity contribution is 6.12. The van der Waals surface area contributed by atoms with Crippen molar-refractivity contribution >= 4 is 11.5 Å². The second-order valence-corrected chi connectivity index (χ2v) is 5.39. The summed E-state index contributed by atoms with van der Waals surface area (Å²) in [6, 6.07) is 2.12. The van der Waals surface area contributed by atoms with E-state index in [9.17, 15) is 44.3 Å². The van der Waals surface area contributed by atoms with Crippen LogP contribution < -0.4 is 5.73 Å². The lowest BCUT2D eigenvalue weighted by Crippen LogP contribution is -2.16. The van der Waals surface area contributed by atoms with E-state index in [0.29, 0.717) is 6.07 Å². The Balaban J connectivity index is 2.67. The van der Waals surface area contributed by atoms with Gasteiger partial charge in [0.05, 0.1) is 22.4 Å². The molecule has 0 saturated heterocycles. The fraction of sp³-hybridized carbons (Fsp3) is 0.188. The molecule has 2 aromatic carbocycles. The van der Waals surface area contributed by atoms with E-state index in [-0.39, 0.29) is 18.2 Å². The zero-order chi connectivity index (χ0) is 20.8. The Morgan fingerprint density at radius 3 is 1.63 bits per heavy atom. The molecular formula is C16H8F9NO. The average Bonchev–Trinajstić information content (AvgIpc) is 2.51. The second kappa shape index (κ2) is 6.46. The van der Waals surface area contributed by atoms with Crippen molar-refractivity contribution in [2.45, 2.75) is 18.5 Å². The Morgan fingerprint density at radius 2 is 1.22 bits per heavy atom. The number of carbonyl (C=O) groups is 1. The zero-order valence-electron chi connectivity index (χ0n) is 12.9. The molecule has 0 fully saturated rings. The van der Waals surface area contributed by atoms with Gasteiger partial charge in [-0.05, 0) is 30.3 Å². The molecule has 0 saturated carbocycles. The van der Waals surface area contributed by atoms with E-state index >= 15 is 0 Å². The lowest BCUT2D eigenvalue weighted by atomic mass is 9.95. The third-order valence-corrected chi connectivity index (χ3v) is 3.51. The summed E-state index contributed by atoms with van der Waals surface area (Å²) in [5, 5.41) is 0. The molecule has 2 aromatic rings. The van der Waals surface area contributed by atoms with Crippen molar-refractivity contribution in [1.82, 2.24) is 0 Å². The van der Waals surface area contributed by atoms with Crippen LogP contribution in [0.3, 0.4) is 0 Å². The van der Waals surface area contributed by atoms with E-state index < -0.39 is 57.8 Å². The van der Waals surface area contributed by atoms with Gasteiger partial charge in [-0.15, -0.1) is 0 Å². The first-order valence-corrected chi connectivity index (χ1v) is 6.92. The van der Waals surface area contributed by atoms with Crippen LogP contribution >= 0.6 is 0 Å². The van der Waals surface area contributed by atoms with Gasteiger partial charge < -0.3 is 5.73 Å². The number of nitrogens with two attached hydrogens (primary N) is 1. The van der Waals surface area contributed by atoms with Crippen LogP contribution in [0, 0.1) is 0 Å². The number of carbonyl (C=O) groups excluding carboxylic acids is 1. The van der Waals surface area contributed by atoms with Gasteiger partial charge >= 0.3 is 18.5 Å². The normalized spacial score (nSPS) is 12.9. The minimum atomic E-state index is -5.21. The SMILES string of the molecule is Nc1c(C(=O)c2cc(C(F)(F)F)cc(C(F)(F)F)c2)cccc1C(F)(F)F. The molecule has 2 nitrogen and oxygen atoms in total. The lowest BCUT2D eigenvalue weighted by Gasteiger charge is -2.15. The molecule has 0 atom stereocenters. The van der Waals surface area contributed by atoms with Gasteiger partial charge in [-0.3, -0.25) is 4.79 Å². The van der Waals surface area contributed by atoms with Crippen LogP contribution in [0.1, 0.15) is 32.6 Å². The van der Waals surface area contributed by atoms with Gasteiger partial charge in [0.25, 0.3) is 0 Å². The zero-order valence-corrected chi connectivity index (χ0v) is 12.9. The van der Waals surface area contributed by atoms with Gasteiger partial charge in [-0.2, -0.15) is 39.5 Å². The molecule has 11 heteroatoms. The predicted octanol–water partition coefficient (Wildman–Crippen LogP) is 5.56. The van der Waals surface area contributed by atoms with E-state index in [1.54, 1.807) is 0 Å². The number of hydrogen-bond acceptors (Lipinski definition) is 2. The number of nitrogen functional groups attached to an aromatic ring is 1. The number of para-hydroxylation sites is 1. The van der Waals surface area contributed by atoms with Crippen LogP contribution in [-0.4, -0.2) is 5.78 Å². The predicted molar refractivity (Wildman–Crippen MR) is 75.7 cm³/mol. The third kappa shape index (κ3) is 4.34. The van der Waals surface area contributed by atoms with E-state index in [0.717, 1.165) is 12.1 Å². The number of rotatable bonds is 2. The lowest BCUT2D eigenvalue weighted by molar-refractivity contribution is -0.143. The summed E-state index contributed by atoms with van der Waals surface area (Å²) < 4.78 is 116. The van der Waals surface area contributed by atoms with Gasteiger partial charge in [0.1, 0.15) is 0 Å². The minimum Gasteiger partial charge on any atom is -0.398 e. The fourth-order valence-corrected chi connectivity index (χ4v) is 2.25. The van der Waals surface area contributed by atoms with Crippen LogP contribution in [0.5, 0.6) is 0 Å². The highest BCUT2D eigenvalue weighted by Crippen LogP contribution is 2.38. The maximum Gasteiger partial charge on any atom is 0.418 e. The highest BCUT2D eigenvalue weighted by Gasteiger charge is 2.38. The Kier molecular flexibility index (Phi) is 4.93. The summed E-state index contributed by atoms with van der Waals surface area (Å²) >= 11 is 0. The highest BCUT2D eigenvalue weighted by atomic mass is 19.4. The first-order chi connectivity index (χ1) is 12.1. The van der Waals surface area contributed by atoms with E-state index in [1.165, 1.54) is 0 Å². The molecule has 2 N–H and O–H groups in total. The van der Waals surface area contributed by atoms with Crippen molar-refractivity contribution in [1.29, 1.82) is 0 Å². The summed E-state index contributed by atoms with van der Waals surface area (Å²) in [4.78, 5) is 12.3. The fourth-order valence-electron chi connectivity index (χ4n) is 2.25. The van der Waals surface area contributed by atoms with Crippen LogP contribution in [0.2, 0.25) is 0 Å². The van der Waals surface area contributed by atoms with Crippen molar-refractivity contribution in [3.05, 3.63) is 64.2 Å². The summed E-state index contributed by atoms with van der Waals surface area (Å²) in [5.74, 6) is -1.50. The smallest absolute Gasteiger partial charge is 0.398 e. The molecular weight excluding hydrogens is 393 g/mol. The number of halogens is 9. The van der Waals surface area contributed by atoms with Crippen molar-refractivity contribution in [3.8, 4) is 0 Å². The Labute approximate surface area is 145 Å². The number of alkyl halides is 9. The molecule has 2 rings (SSSR count). The maximum atomic E-state index is 12.8. The first kappa shape index (κ1) is 20.6. The van der Waals surface area contributed by atoms with Crippen molar-refractivity contribution in [2.75, 3.05) is 5.73 Å². The Morgan fingerprint density at radius 1 is 0.741 bits per heavy atom. The van der Waals surface area contributed by atoms with Crippen molar-refractivity contribution in [2.24, 2.45) is 0 Å². The number of anilines is 1. The molecule has 0 radical (unpaired) electrons. The standard InChI is InChI=1S/C16H8F9NO/c17-14(18,19)8-4-7(5-9(6-8)15(20,21)22)13(27)10-2-1-3-11(12(10)26)16(23,24)25/h1-6H,26H2. The van der Waals surface area contributed by atoms with E-state index in [2.05, 4.69) is 0 Å². The molecule has 146 valence electrons. The topological polar surface area (TPSA) is 43.1 Å². The van der Waals surface area contributed by atoms with Gasteiger partial charge in [-0.1, -0.05) is 6.07 Å². The first-order valence-electron chi connectivity index (χ1n) is 6.92. The van der Waals surface area contributed by atoms with Crippen molar-refractivity contribution in [3.63, 3.8) is 0 Å². The Bertz CT molecular complexity index is 847. The van der Waals surface area contributed by atoms with Gasteiger partial charge in [0.15, 0.2) is 5.78 Å². The molecule has 0 unspecified atom stereocenters. The third-order valence-electron chi connectivity index (χ3n) is 3.51. The summed E-state index contributed by atoms with van der Waals surface area (Å²) in [6.07, 6.45) is -15.4. The van der Waals surface area contributed by atoms with Crippen molar-refractivity contribution < 1.29 is 44.3 Å². The molecule has 0 bridgehead atoms. The maximum absolute atomic E-state index is 12.8. The molecule has 0 aromatic heterocycles. The molecule has 0 amide bonds. The second-order valence-electron chi connectivity index (χ2n) is 5.39. The number of hydrogen-bond donors (Lipinski definition) is 1. The number of ketones is 1. The molecule has 27 heavy (non-hydrogen) atoms. The summed E-state index contributed by atoms with van der Waals surface area (Å²) in [5.41, 5.74) is -2.76. The molecule has 0 heterocycles. The van der Waals surface area contributed by atoms with Crippen LogP contribution in [0.4, 0.5) is 45.2 Å². The molecule has 0 aliphatic carbocycles. The van der Waals surface area contributed by atoms with E-state index in [1.807, 2.05) is 0 Å². The van der Waals surface area contributed by atoms with Gasteiger partial charge in [0.2, 0.25) is 0 Å². The van der Waals surface area contributed by atoms with Crippen LogP contribution in [-0.2, 0) is 18.5 Å². The monoisotopic (exact) mass is 401 g/mol. The summed E-state index contributed by atoms with van der Waals surface area (Å²) in [7, 11) is 0. The Hall–Kier alpha value is -2.72. The van der Waals surface area contributed by atoms with Crippen LogP contribution in [0.15, 0.2) is 36.4 Å². The number of benzene rings is 2. The largest absolute Gasteiger partial charge is 0.418 e. The molecule has 0 spiro atoms. The van der Waals surface area contributed by atoms with Gasteiger partial charge in [0, 0.05) is 11.1 Å². The van der Waals surface area contributed by atoms with E-state index in [4.69, 9.17) is 5.73 Å². The van der Waals surface area contributed by atoms with Crippen LogP contribution in [0.25, 0.3) is 0 Å². The quantitative estimate of drug-likeness (QED) is 0.407. The average molecular weight is 401 g/mol. The minimum absolute atomic E-state index is 0.122. The van der Waals surface area contributed by atoms with Gasteiger partial charge in [-0.25, -0.2) is 0 Å². The molecule has 0 aliphatic heterocycles. The molecule has 0 aliphatic rings.